The van der Waals surface area contributed by atoms with E-state index in [2.05, 4.69) is 4.98 Å². The van der Waals surface area contributed by atoms with Crippen molar-refractivity contribution in [1.82, 2.24) is 4.98 Å². The van der Waals surface area contributed by atoms with E-state index < -0.39 is 11.7 Å². The van der Waals surface area contributed by atoms with E-state index in [1.807, 2.05) is 6.92 Å². The normalized spacial score (nSPS) is 11.8. The number of halogens is 3. The minimum Gasteiger partial charge on any atom is -0.396 e. The summed E-state index contributed by atoms with van der Waals surface area (Å²) in [5.41, 5.74) is 0.805. The second-order valence-electron chi connectivity index (χ2n) is 4.08. The van der Waals surface area contributed by atoms with Crippen molar-refractivity contribution in [3.8, 4) is 10.6 Å². The van der Waals surface area contributed by atoms with Gasteiger partial charge in [0, 0.05) is 23.5 Å². The highest BCUT2D eigenvalue weighted by Crippen LogP contribution is 2.32. The Morgan fingerprint density at radius 3 is 2.37 bits per heavy atom. The van der Waals surface area contributed by atoms with Gasteiger partial charge in [-0.2, -0.15) is 13.2 Å². The summed E-state index contributed by atoms with van der Waals surface area (Å²) in [5.74, 6) is 0. The van der Waals surface area contributed by atoms with Crippen molar-refractivity contribution in [3.05, 3.63) is 40.4 Å². The smallest absolute Gasteiger partial charge is 0.396 e. The van der Waals surface area contributed by atoms with E-state index in [-0.39, 0.29) is 6.61 Å². The molecular formula is C13H12F3NOS. The van der Waals surface area contributed by atoms with Crippen LogP contribution in [0, 0.1) is 6.92 Å². The largest absolute Gasteiger partial charge is 0.416 e. The SMILES string of the molecule is Cc1nc(-c2ccc(C(F)(F)F)cc2)sc1CCO. The Balaban J connectivity index is 2.30. The van der Waals surface area contributed by atoms with Crippen molar-refractivity contribution < 1.29 is 18.3 Å². The van der Waals surface area contributed by atoms with Crippen LogP contribution in [0.1, 0.15) is 16.1 Å². The first-order valence-electron chi connectivity index (χ1n) is 5.66. The topological polar surface area (TPSA) is 33.1 Å². The summed E-state index contributed by atoms with van der Waals surface area (Å²) >= 11 is 1.40. The van der Waals surface area contributed by atoms with E-state index in [4.69, 9.17) is 5.11 Å². The summed E-state index contributed by atoms with van der Waals surface area (Å²) in [6.45, 7) is 1.87. The van der Waals surface area contributed by atoms with E-state index in [0.717, 1.165) is 22.7 Å². The molecule has 0 aliphatic carbocycles. The number of alkyl halides is 3. The van der Waals surface area contributed by atoms with Crippen molar-refractivity contribution in [2.75, 3.05) is 6.61 Å². The lowest BCUT2D eigenvalue weighted by Gasteiger charge is -2.06. The van der Waals surface area contributed by atoms with E-state index >= 15 is 0 Å². The zero-order valence-corrected chi connectivity index (χ0v) is 11.0. The lowest BCUT2D eigenvalue weighted by atomic mass is 10.1. The molecule has 0 unspecified atom stereocenters. The van der Waals surface area contributed by atoms with Crippen LogP contribution in [0.5, 0.6) is 0 Å². The van der Waals surface area contributed by atoms with Crippen molar-refractivity contribution in [2.24, 2.45) is 0 Å². The first-order valence-corrected chi connectivity index (χ1v) is 6.48. The van der Waals surface area contributed by atoms with Gasteiger partial charge in [0.25, 0.3) is 0 Å². The summed E-state index contributed by atoms with van der Waals surface area (Å²) in [4.78, 5) is 5.27. The number of aryl methyl sites for hydroxylation is 1. The minimum absolute atomic E-state index is 0.0372. The molecule has 19 heavy (non-hydrogen) atoms. The lowest BCUT2D eigenvalue weighted by Crippen LogP contribution is -2.03. The minimum atomic E-state index is -4.32. The standard InChI is InChI=1S/C13H12F3NOS/c1-8-11(6-7-18)19-12(17-8)9-2-4-10(5-3-9)13(14,15)16/h2-5,18H,6-7H2,1H3. The van der Waals surface area contributed by atoms with Gasteiger partial charge in [-0.1, -0.05) is 12.1 Å². The van der Waals surface area contributed by atoms with Gasteiger partial charge in [0.1, 0.15) is 5.01 Å². The van der Waals surface area contributed by atoms with Crippen LogP contribution in [-0.4, -0.2) is 16.7 Å². The zero-order valence-electron chi connectivity index (χ0n) is 10.2. The molecule has 0 amide bonds. The molecule has 0 aliphatic rings. The van der Waals surface area contributed by atoms with Gasteiger partial charge >= 0.3 is 6.18 Å². The van der Waals surface area contributed by atoms with Crippen LogP contribution in [0.25, 0.3) is 10.6 Å². The Bertz CT molecular complexity index is 560. The number of rotatable bonds is 3. The molecule has 2 rings (SSSR count). The fraction of sp³-hybridized carbons (Fsp3) is 0.308. The molecule has 1 aromatic carbocycles. The molecule has 102 valence electrons. The molecule has 0 aliphatic heterocycles. The summed E-state index contributed by atoms with van der Waals surface area (Å²) in [5, 5.41) is 9.58. The Kier molecular flexibility index (Phi) is 3.91. The van der Waals surface area contributed by atoms with Gasteiger partial charge < -0.3 is 5.11 Å². The molecule has 0 atom stereocenters. The predicted molar refractivity (Wildman–Crippen MR) is 68.1 cm³/mol. The van der Waals surface area contributed by atoms with Crippen molar-refractivity contribution in [1.29, 1.82) is 0 Å². The van der Waals surface area contributed by atoms with Crippen LogP contribution in [0.15, 0.2) is 24.3 Å². The van der Waals surface area contributed by atoms with Crippen LogP contribution in [0.2, 0.25) is 0 Å². The van der Waals surface area contributed by atoms with Crippen LogP contribution in [0.3, 0.4) is 0 Å². The van der Waals surface area contributed by atoms with E-state index in [0.29, 0.717) is 17.0 Å². The summed E-state index contributed by atoms with van der Waals surface area (Å²) in [6.07, 6.45) is -3.80. The fourth-order valence-electron chi connectivity index (χ4n) is 1.69. The molecule has 0 saturated carbocycles. The van der Waals surface area contributed by atoms with E-state index in [1.165, 1.54) is 23.5 Å². The second kappa shape index (κ2) is 5.30. The second-order valence-corrected chi connectivity index (χ2v) is 5.16. The van der Waals surface area contributed by atoms with E-state index in [1.54, 1.807) is 0 Å². The molecule has 1 aromatic heterocycles. The van der Waals surface area contributed by atoms with Gasteiger partial charge in [-0.15, -0.1) is 11.3 Å². The Labute approximate surface area is 112 Å². The van der Waals surface area contributed by atoms with Crippen LogP contribution < -0.4 is 0 Å². The maximum Gasteiger partial charge on any atom is 0.416 e. The summed E-state index contributed by atoms with van der Waals surface area (Å²) < 4.78 is 37.3. The molecule has 1 heterocycles. The molecule has 6 heteroatoms. The van der Waals surface area contributed by atoms with E-state index in [9.17, 15) is 13.2 Å². The zero-order chi connectivity index (χ0) is 14.0. The number of hydrogen-bond donors (Lipinski definition) is 1. The van der Waals surface area contributed by atoms with Gasteiger partial charge in [0.05, 0.1) is 11.3 Å². The van der Waals surface area contributed by atoms with Crippen molar-refractivity contribution >= 4 is 11.3 Å². The molecular weight excluding hydrogens is 275 g/mol. The fourth-order valence-corrected chi connectivity index (χ4v) is 2.74. The average Bonchev–Trinajstić information content (AvgIpc) is 2.71. The first kappa shape index (κ1) is 14.0. The third-order valence-corrected chi connectivity index (χ3v) is 3.96. The van der Waals surface area contributed by atoms with Gasteiger partial charge in [-0.05, 0) is 19.1 Å². The quantitative estimate of drug-likeness (QED) is 0.934. The molecule has 0 fully saturated rings. The Hall–Kier alpha value is -1.40. The number of aliphatic hydroxyl groups is 1. The van der Waals surface area contributed by atoms with Crippen molar-refractivity contribution in [3.63, 3.8) is 0 Å². The molecule has 0 bridgehead atoms. The molecule has 0 saturated heterocycles. The number of nitrogens with zero attached hydrogens (tertiary/aromatic N) is 1. The highest BCUT2D eigenvalue weighted by molar-refractivity contribution is 7.15. The van der Waals surface area contributed by atoms with Crippen molar-refractivity contribution in [2.45, 2.75) is 19.5 Å². The molecule has 0 spiro atoms. The third kappa shape index (κ3) is 3.13. The average molecular weight is 287 g/mol. The predicted octanol–water partition coefficient (Wildman–Crippen LogP) is 3.67. The number of hydrogen-bond acceptors (Lipinski definition) is 3. The number of thiazole rings is 1. The highest BCUT2D eigenvalue weighted by atomic mass is 32.1. The lowest BCUT2D eigenvalue weighted by molar-refractivity contribution is -0.137. The molecule has 2 aromatic rings. The number of aromatic nitrogens is 1. The van der Waals surface area contributed by atoms with Crippen LogP contribution in [-0.2, 0) is 12.6 Å². The maximum absolute atomic E-state index is 12.4. The molecule has 2 nitrogen and oxygen atoms in total. The summed E-state index contributed by atoms with van der Waals surface area (Å²) in [7, 11) is 0. The molecule has 0 radical (unpaired) electrons. The van der Waals surface area contributed by atoms with Gasteiger partial charge in [-0.3, -0.25) is 0 Å². The number of aliphatic hydroxyl groups excluding tert-OH is 1. The molecule has 1 N–H and O–H groups in total. The number of benzene rings is 1. The Morgan fingerprint density at radius 1 is 1.21 bits per heavy atom. The summed E-state index contributed by atoms with van der Waals surface area (Å²) in [6, 6.07) is 4.95. The maximum atomic E-state index is 12.4. The third-order valence-electron chi connectivity index (χ3n) is 2.69. The van der Waals surface area contributed by atoms with Crippen LogP contribution >= 0.6 is 11.3 Å². The monoisotopic (exact) mass is 287 g/mol. The van der Waals surface area contributed by atoms with Gasteiger partial charge in [0.2, 0.25) is 0 Å². The first-order chi connectivity index (χ1) is 8.91. The van der Waals surface area contributed by atoms with Crippen LogP contribution in [0.4, 0.5) is 13.2 Å². The van der Waals surface area contributed by atoms with Gasteiger partial charge in [-0.25, -0.2) is 4.98 Å². The Morgan fingerprint density at radius 2 is 1.84 bits per heavy atom. The van der Waals surface area contributed by atoms with Gasteiger partial charge in [0.15, 0.2) is 0 Å². The highest BCUT2D eigenvalue weighted by Gasteiger charge is 2.30.